The van der Waals surface area contributed by atoms with Crippen LogP contribution in [0.3, 0.4) is 0 Å². The van der Waals surface area contributed by atoms with Gasteiger partial charge in [0.05, 0.1) is 0 Å². The lowest BCUT2D eigenvalue weighted by atomic mass is 10.2. The van der Waals surface area contributed by atoms with E-state index in [2.05, 4.69) is 10.3 Å². The Morgan fingerprint density at radius 2 is 2.40 bits per heavy atom. The number of benzene rings is 1. The van der Waals surface area contributed by atoms with Gasteiger partial charge in [-0.2, -0.15) is 0 Å². The summed E-state index contributed by atoms with van der Waals surface area (Å²) < 4.78 is 13.1. The van der Waals surface area contributed by atoms with Gasteiger partial charge in [0.2, 0.25) is 5.91 Å². The van der Waals surface area contributed by atoms with Crippen molar-refractivity contribution < 1.29 is 9.18 Å². The summed E-state index contributed by atoms with van der Waals surface area (Å²) in [6, 6.07) is 5.71. The summed E-state index contributed by atoms with van der Waals surface area (Å²) in [7, 11) is 0. The van der Waals surface area contributed by atoms with Crippen LogP contribution in [0.2, 0.25) is 0 Å². The van der Waals surface area contributed by atoms with Crippen molar-refractivity contribution >= 4 is 28.1 Å². The fourth-order valence-electron chi connectivity index (χ4n) is 2.42. The number of hydrogen-bond donors (Lipinski definition) is 1. The summed E-state index contributed by atoms with van der Waals surface area (Å²) in [6.45, 7) is 0.828. The summed E-state index contributed by atoms with van der Waals surface area (Å²) in [5.41, 5.74) is 0.487. The molecule has 6 heteroatoms. The molecule has 0 spiro atoms. The number of carbonyl (C=O) groups is 1. The SMILES string of the molecule is O=C(Nc1cccc(F)c1)[C@@H]1CCCN1c1nccs1. The van der Waals surface area contributed by atoms with Gasteiger partial charge in [-0.15, -0.1) is 11.3 Å². The summed E-state index contributed by atoms with van der Waals surface area (Å²) in [4.78, 5) is 18.6. The first-order valence-corrected chi connectivity index (χ1v) is 7.34. The van der Waals surface area contributed by atoms with Crippen molar-refractivity contribution in [3.63, 3.8) is 0 Å². The van der Waals surface area contributed by atoms with Crippen LogP contribution in [0.4, 0.5) is 15.2 Å². The molecule has 1 amide bonds. The lowest BCUT2D eigenvalue weighted by molar-refractivity contribution is -0.117. The molecule has 1 atom stereocenters. The molecule has 3 rings (SSSR count). The molecule has 1 fully saturated rings. The first-order valence-electron chi connectivity index (χ1n) is 6.46. The number of thiazole rings is 1. The Bertz CT molecular complexity index is 602. The Labute approximate surface area is 120 Å². The second-order valence-electron chi connectivity index (χ2n) is 4.67. The first-order chi connectivity index (χ1) is 9.74. The molecule has 1 N–H and O–H groups in total. The molecule has 2 aromatic rings. The van der Waals surface area contributed by atoms with Gasteiger partial charge in [0.1, 0.15) is 11.9 Å². The second kappa shape index (κ2) is 5.58. The number of carbonyl (C=O) groups excluding carboxylic acids is 1. The number of anilines is 2. The Morgan fingerprint density at radius 3 is 3.15 bits per heavy atom. The molecule has 4 nitrogen and oxygen atoms in total. The molecule has 1 aromatic heterocycles. The normalized spacial score (nSPS) is 18.2. The highest BCUT2D eigenvalue weighted by Gasteiger charge is 2.32. The smallest absolute Gasteiger partial charge is 0.247 e. The minimum absolute atomic E-state index is 0.108. The van der Waals surface area contributed by atoms with Gasteiger partial charge in [-0.05, 0) is 31.0 Å². The molecular formula is C14H14FN3OS. The number of hydrogen-bond acceptors (Lipinski definition) is 4. The van der Waals surface area contributed by atoms with Crippen LogP contribution in [-0.4, -0.2) is 23.5 Å². The van der Waals surface area contributed by atoms with Gasteiger partial charge in [0, 0.05) is 23.8 Å². The van der Waals surface area contributed by atoms with Crippen LogP contribution in [0.1, 0.15) is 12.8 Å². The lowest BCUT2D eigenvalue weighted by Gasteiger charge is -2.23. The zero-order valence-electron chi connectivity index (χ0n) is 10.8. The van der Waals surface area contributed by atoms with Crippen LogP contribution in [0.25, 0.3) is 0 Å². The maximum absolute atomic E-state index is 13.1. The highest BCUT2D eigenvalue weighted by atomic mass is 32.1. The number of nitrogens with one attached hydrogen (secondary N) is 1. The molecule has 0 saturated carbocycles. The summed E-state index contributed by atoms with van der Waals surface area (Å²) in [5, 5.41) is 5.53. The summed E-state index contributed by atoms with van der Waals surface area (Å²) in [6.07, 6.45) is 3.49. The molecule has 1 aromatic carbocycles. The van der Waals surface area contributed by atoms with Gasteiger partial charge in [0.15, 0.2) is 5.13 Å². The lowest BCUT2D eigenvalue weighted by Crippen LogP contribution is -2.39. The summed E-state index contributed by atoms with van der Waals surface area (Å²) in [5.74, 6) is -0.464. The van der Waals surface area contributed by atoms with Gasteiger partial charge in [0.25, 0.3) is 0 Å². The molecule has 2 heterocycles. The molecule has 20 heavy (non-hydrogen) atoms. The van der Waals surface area contributed by atoms with Crippen molar-refractivity contribution in [2.75, 3.05) is 16.8 Å². The monoisotopic (exact) mass is 291 g/mol. The standard InChI is InChI=1S/C14H14FN3OS/c15-10-3-1-4-11(9-10)17-13(19)12-5-2-7-18(12)14-16-6-8-20-14/h1,3-4,6,8-9,12H,2,5,7H2,(H,17,19)/t12-/m0/s1. The minimum Gasteiger partial charge on any atom is -0.336 e. The van der Waals surface area contributed by atoms with Crippen LogP contribution in [0, 0.1) is 5.82 Å². The highest BCUT2D eigenvalue weighted by molar-refractivity contribution is 7.13. The molecule has 0 aliphatic carbocycles. The van der Waals surface area contributed by atoms with E-state index in [0.29, 0.717) is 5.69 Å². The van der Waals surface area contributed by atoms with Crippen LogP contribution >= 0.6 is 11.3 Å². The van der Waals surface area contributed by atoms with E-state index in [0.717, 1.165) is 24.5 Å². The Hall–Kier alpha value is -1.95. The van der Waals surface area contributed by atoms with E-state index in [1.54, 1.807) is 18.3 Å². The maximum atomic E-state index is 13.1. The van der Waals surface area contributed by atoms with Crippen molar-refractivity contribution in [3.8, 4) is 0 Å². The van der Waals surface area contributed by atoms with E-state index in [4.69, 9.17) is 0 Å². The van der Waals surface area contributed by atoms with Crippen LogP contribution in [0.15, 0.2) is 35.8 Å². The van der Waals surface area contributed by atoms with Gasteiger partial charge in [-0.3, -0.25) is 4.79 Å². The number of halogens is 1. The minimum atomic E-state index is -0.356. The molecule has 104 valence electrons. The van der Waals surface area contributed by atoms with Crippen molar-refractivity contribution in [3.05, 3.63) is 41.7 Å². The Morgan fingerprint density at radius 1 is 1.50 bits per heavy atom. The molecule has 0 bridgehead atoms. The Kier molecular flexibility index (Phi) is 3.64. The predicted molar refractivity (Wildman–Crippen MR) is 77.5 cm³/mol. The molecular weight excluding hydrogens is 277 g/mol. The van der Waals surface area contributed by atoms with Gasteiger partial charge in [-0.1, -0.05) is 6.07 Å². The first kappa shape index (κ1) is 13.1. The number of nitrogens with zero attached hydrogens (tertiary/aromatic N) is 2. The third kappa shape index (κ3) is 2.65. The van der Waals surface area contributed by atoms with E-state index in [1.807, 2.05) is 10.3 Å². The van der Waals surface area contributed by atoms with Crippen LogP contribution in [0.5, 0.6) is 0 Å². The van der Waals surface area contributed by atoms with E-state index < -0.39 is 0 Å². The fraction of sp³-hybridized carbons (Fsp3) is 0.286. The number of rotatable bonds is 3. The van der Waals surface area contributed by atoms with Gasteiger partial charge >= 0.3 is 0 Å². The third-order valence-electron chi connectivity index (χ3n) is 3.31. The fourth-order valence-corrected chi connectivity index (χ4v) is 3.14. The quantitative estimate of drug-likeness (QED) is 0.945. The van der Waals surface area contributed by atoms with Crippen molar-refractivity contribution in [1.29, 1.82) is 0 Å². The van der Waals surface area contributed by atoms with Gasteiger partial charge in [-0.25, -0.2) is 9.37 Å². The van der Waals surface area contributed by atoms with E-state index in [1.165, 1.54) is 23.5 Å². The maximum Gasteiger partial charge on any atom is 0.247 e. The van der Waals surface area contributed by atoms with Gasteiger partial charge < -0.3 is 10.2 Å². The topological polar surface area (TPSA) is 45.2 Å². The van der Waals surface area contributed by atoms with Crippen molar-refractivity contribution in [1.82, 2.24) is 4.98 Å². The van der Waals surface area contributed by atoms with E-state index in [-0.39, 0.29) is 17.8 Å². The number of amides is 1. The van der Waals surface area contributed by atoms with Crippen molar-refractivity contribution in [2.45, 2.75) is 18.9 Å². The van der Waals surface area contributed by atoms with E-state index >= 15 is 0 Å². The molecule has 1 saturated heterocycles. The molecule has 1 aliphatic heterocycles. The summed E-state index contributed by atoms with van der Waals surface area (Å²) >= 11 is 1.52. The molecule has 1 aliphatic rings. The Balaban J connectivity index is 1.73. The second-order valence-corrected chi connectivity index (χ2v) is 5.54. The largest absolute Gasteiger partial charge is 0.336 e. The molecule has 0 radical (unpaired) electrons. The highest BCUT2D eigenvalue weighted by Crippen LogP contribution is 2.27. The average Bonchev–Trinajstić information content (AvgIpc) is 3.09. The molecule has 0 unspecified atom stereocenters. The van der Waals surface area contributed by atoms with Crippen LogP contribution < -0.4 is 10.2 Å². The number of aromatic nitrogens is 1. The predicted octanol–water partition coefficient (Wildman–Crippen LogP) is 2.89. The van der Waals surface area contributed by atoms with E-state index in [9.17, 15) is 9.18 Å². The van der Waals surface area contributed by atoms with Crippen molar-refractivity contribution in [2.24, 2.45) is 0 Å². The third-order valence-corrected chi connectivity index (χ3v) is 4.12. The van der Waals surface area contributed by atoms with Crippen LogP contribution in [-0.2, 0) is 4.79 Å². The zero-order valence-corrected chi connectivity index (χ0v) is 11.6. The average molecular weight is 291 g/mol. The zero-order chi connectivity index (χ0) is 13.9.